The summed E-state index contributed by atoms with van der Waals surface area (Å²) in [5, 5.41) is 36.8. The summed E-state index contributed by atoms with van der Waals surface area (Å²) >= 11 is 0. The molecular formula is C9H11NO5. The summed E-state index contributed by atoms with van der Waals surface area (Å²) in [5.41, 5.74) is 4.53. The number of rotatable bonds is 3. The minimum Gasteiger partial charge on any atom is -0.504 e. The van der Waals surface area contributed by atoms with E-state index in [0.29, 0.717) is 0 Å². The highest BCUT2D eigenvalue weighted by Gasteiger charge is 2.24. The van der Waals surface area contributed by atoms with Gasteiger partial charge in [-0.25, -0.2) is 0 Å². The summed E-state index contributed by atoms with van der Waals surface area (Å²) in [6.45, 7) is 0. The Morgan fingerprint density at radius 2 is 2.00 bits per heavy atom. The molecule has 0 amide bonds. The fraction of sp³-hybridized carbons (Fsp3) is 0.222. The maximum atomic E-state index is 10.6. The zero-order chi connectivity index (χ0) is 14.2. The predicted molar refractivity (Wildman–Crippen MR) is 50.3 cm³/mol. The number of aromatic hydroxyl groups is 2. The Bertz CT molecular complexity index is 478. The van der Waals surface area contributed by atoms with Gasteiger partial charge in [-0.1, -0.05) is 6.04 Å². The SMILES string of the molecule is [2H]c1c([2H])c([C@@H](O)[C@H](N)C(=O)O)c([2H])c(O)c1O. The zero-order valence-corrected chi connectivity index (χ0v) is 7.43. The molecule has 0 bridgehead atoms. The first-order chi connectivity index (χ1) is 8.20. The van der Waals surface area contributed by atoms with Crippen molar-refractivity contribution in [2.75, 3.05) is 0 Å². The van der Waals surface area contributed by atoms with Crippen molar-refractivity contribution in [3.8, 4) is 11.5 Å². The number of carbonyl (C=O) groups is 1. The lowest BCUT2D eigenvalue weighted by molar-refractivity contribution is -0.141. The molecule has 6 heteroatoms. The molecule has 0 aliphatic carbocycles. The third-order valence-electron chi connectivity index (χ3n) is 1.71. The zero-order valence-electron chi connectivity index (χ0n) is 10.4. The maximum absolute atomic E-state index is 10.6. The van der Waals surface area contributed by atoms with E-state index in [2.05, 4.69) is 0 Å². The Morgan fingerprint density at radius 1 is 1.40 bits per heavy atom. The number of phenolic OH excluding ortho intramolecular Hbond substituents is 2. The Hall–Kier alpha value is -1.79. The monoisotopic (exact) mass is 216 g/mol. The van der Waals surface area contributed by atoms with Gasteiger partial charge < -0.3 is 26.2 Å². The van der Waals surface area contributed by atoms with Gasteiger partial charge in [0, 0.05) is 0 Å². The molecule has 1 rings (SSSR count). The van der Waals surface area contributed by atoms with Gasteiger partial charge in [0.2, 0.25) is 0 Å². The lowest BCUT2D eigenvalue weighted by Crippen LogP contribution is -2.36. The second-order valence-corrected chi connectivity index (χ2v) is 2.79. The summed E-state index contributed by atoms with van der Waals surface area (Å²) in [7, 11) is 0. The number of hydrogen-bond acceptors (Lipinski definition) is 5. The fourth-order valence-corrected chi connectivity index (χ4v) is 0.866. The number of carboxylic acids is 1. The fourth-order valence-electron chi connectivity index (χ4n) is 0.866. The van der Waals surface area contributed by atoms with E-state index in [0.717, 1.165) is 0 Å². The van der Waals surface area contributed by atoms with Gasteiger partial charge in [-0.15, -0.1) is 0 Å². The van der Waals surface area contributed by atoms with Crippen LogP contribution in [0.2, 0.25) is 0 Å². The average Bonchev–Trinajstić information content (AvgIpc) is 2.32. The van der Waals surface area contributed by atoms with Crippen LogP contribution in [0.1, 0.15) is 15.8 Å². The lowest BCUT2D eigenvalue weighted by atomic mass is 10.0. The second-order valence-electron chi connectivity index (χ2n) is 2.79. The summed E-state index contributed by atoms with van der Waals surface area (Å²) in [5.74, 6) is -3.56. The van der Waals surface area contributed by atoms with E-state index in [-0.39, 0.29) is 0 Å². The number of aliphatic hydroxyl groups is 1. The molecule has 0 fully saturated rings. The van der Waals surface area contributed by atoms with Crippen molar-refractivity contribution in [3.63, 3.8) is 0 Å². The molecule has 15 heavy (non-hydrogen) atoms. The molecule has 2 atom stereocenters. The first kappa shape index (κ1) is 7.49. The van der Waals surface area contributed by atoms with Crippen LogP contribution in [0, 0.1) is 0 Å². The standard InChI is InChI=1S/C9H11NO5/c10-7(9(14)15)8(13)4-1-2-5(11)6(12)3-4/h1-3,7-8,11-13H,10H2,(H,14,15)/t7-,8+/m0/s1/i1D,2D,3D. The molecule has 0 aliphatic heterocycles. The number of nitrogens with two attached hydrogens (primary N) is 1. The summed E-state index contributed by atoms with van der Waals surface area (Å²) in [6, 6.07) is -4.24. The molecule has 0 radical (unpaired) electrons. The number of benzene rings is 1. The Balaban J connectivity index is 3.46. The minimum atomic E-state index is -1.95. The largest absolute Gasteiger partial charge is 0.504 e. The summed E-state index contributed by atoms with van der Waals surface area (Å²) in [6.07, 6.45) is -1.95. The third-order valence-corrected chi connectivity index (χ3v) is 1.71. The Kier molecular flexibility index (Phi) is 2.08. The number of aliphatic hydroxyl groups excluding tert-OH is 1. The molecule has 82 valence electrons. The number of phenols is 2. The molecule has 6 N–H and O–H groups in total. The van der Waals surface area contributed by atoms with Crippen molar-refractivity contribution in [1.29, 1.82) is 0 Å². The average molecular weight is 216 g/mol. The number of aliphatic carboxylic acids is 1. The minimum absolute atomic E-state index is 0.620. The lowest BCUT2D eigenvalue weighted by Gasteiger charge is -2.15. The van der Waals surface area contributed by atoms with Gasteiger partial charge in [-0.3, -0.25) is 4.79 Å². The highest BCUT2D eigenvalue weighted by atomic mass is 16.4. The molecule has 0 saturated heterocycles. The van der Waals surface area contributed by atoms with Crippen LogP contribution in [0.3, 0.4) is 0 Å². The molecule has 0 aliphatic rings. The van der Waals surface area contributed by atoms with E-state index < -0.39 is 53.3 Å². The molecule has 0 spiro atoms. The van der Waals surface area contributed by atoms with Crippen LogP contribution in [0.15, 0.2) is 18.1 Å². The first-order valence-electron chi connectivity index (χ1n) is 5.38. The van der Waals surface area contributed by atoms with E-state index in [9.17, 15) is 20.1 Å². The molecule has 0 saturated carbocycles. The Labute approximate surface area is 89.4 Å². The highest BCUT2D eigenvalue weighted by molar-refractivity contribution is 5.74. The number of carboxylic acid groups (broad SMARTS) is 1. The highest BCUT2D eigenvalue weighted by Crippen LogP contribution is 2.28. The topological polar surface area (TPSA) is 124 Å². The van der Waals surface area contributed by atoms with E-state index >= 15 is 0 Å². The van der Waals surface area contributed by atoms with Gasteiger partial charge in [0.1, 0.15) is 12.1 Å². The Morgan fingerprint density at radius 3 is 2.53 bits per heavy atom. The first-order valence-corrected chi connectivity index (χ1v) is 3.88. The van der Waals surface area contributed by atoms with Gasteiger partial charge in [0.15, 0.2) is 11.5 Å². The van der Waals surface area contributed by atoms with Crippen molar-refractivity contribution >= 4 is 5.97 Å². The normalized spacial score (nSPS) is 17.3. The number of hydrogen-bond donors (Lipinski definition) is 5. The van der Waals surface area contributed by atoms with Crippen molar-refractivity contribution in [1.82, 2.24) is 0 Å². The second kappa shape index (κ2) is 4.16. The molecular weight excluding hydrogens is 202 g/mol. The predicted octanol–water partition coefficient (Wildman–Crippen LogP) is -0.457. The summed E-state index contributed by atoms with van der Waals surface area (Å²) < 4.78 is 22.2. The van der Waals surface area contributed by atoms with Gasteiger partial charge >= 0.3 is 5.97 Å². The van der Waals surface area contributed by atoms with E-state index in [4.69, 9.17) is 15.0 Å². The summed E-state index contributed by atoms with van der Waals surface area (Å²) in [4.78, 5) is 10.6. The van der Waals surface area contributed by atoms with E-state index in [1.165, 1.54) is 0 Å². The van der Waals surface area contributed by atoms with Crippen molar-refractivity contribution in [2.45, 2.75) is 12.1 Å². The van der Waals surface area contributed by atoms with Crippen molar-refractivity contribution in [2.24, 2.45) is 5.73 Å². The van der Waals surface area contributed by atoms with E-state index in [1.54, 1.807) is 0 Å². The smallest absolute Gasteiger partial charge is 0.323 e. The molecule has 0 unspecified atom stereocenters. The van der Waals surface area contributed by atoms with E-state index in [1.807, 2.05) is 0 Å². The van der Waals surface area contributed by atoms with Crippen LogP contribution in [-0.2, 0) is 4.79 Å². The van der Waals surface area contributed by atoms with Crippen molar-refractivity contribution < 1.29 is 29.3 Å². The maximum Gasteiger partial charge on any atom is 0.323 e. The molecule has 0 heterocycles. The van der Waals surface area contributed by atoms with Gasteiger partial charge in [0.25, 0.3) is 0 Å². The molecule has 0 aromatic heterocycles. The van der Waals surface area contributed by atoms with Crippen LogP contribution in [0.25, 0.3) is 0 Å². The van der Waals surface area contributed by atoms with Crippen LogP contribution < -0.4 is 5.73 Å². The van der Waals surface area contributed by atoms with Crippen LogP contribution in [0.5, 0.6) is 11.5 Å². The third kappa shape index (κ3) is 2.36. The molecule has 1 aromatic carbocycles. The molecule has 6 nitrogen and oxygen atoms in total. The van der Waals surface area contributed by atoms with Crippen LogP contribution >= 0.6 is 0 Å². The van der Waals surface area contributed by atoms with Gasteiger partial charge in [0.05, 0.1) is 4.11 Å². The quantitative estimate of drug-likeness (QED) is 0.436. The van der Waals surface area contributed by atoms with Gasteiger partial charge in [-0.2, -0.15) is 0 Å². The van der Waals surface area contributed by atoms with Crippen LogP contribution in [-0.4, -0.2) is 32.4 Å². The van der Waals surface area contributed by atoms with Crippen LogP contribution in [0.4, 0.5) is 0 Å². The molecule has 1 aromatic rings. The van der Waals surface area contributed by atoms with Crippen molar-refractivity contribution in [3.05, 3.63) is 23.7 Å². The van der Waals surface area contributed by atoms with Gasteiger partial charge in [-0.05, 0) is 17.6 Å².